The van der Waals surface area contributed by atoms with Gasteiger partial charge in [0.05, 0.1) is 6.04 Å². The van der Waals surface area contributed by atoms with Gasteiger partial charge in [0.25, 0.3) is 0 Å². The smallest absolute Gasteiger partial charge is 0.240 e. The molecule has 2 amide bonds. The number of carbonyl (C=O) groups excluding carboxylic acids is 2. The van der Waals surface area contributed by atoms with Crippen LogP contribution in [-0.2, 0) is 9.59 Å². The summed E-state index contributed by atoms with van der Waals surface area (Å²) in [5.74, 6) is -0.315. The zero-order valence-electron chi connectivity index (χ0n) is 9.54. The van der Waals surface area contributed by atoms with E-state index in [0.717, 1.165) is 6.42 Å². The molecule has 0 bridgehead atoms. The first-order chi connectivity index (χ1) is 6.88. The molecule has 15 heavy (non-hydrogen) atoms. The molecule has 1 rings (SSSR count). The quantitative estimate of drug-likeness (QED) is 0.658. The van der Waals surface area contributed by atoms with Gasteiger partial charge in [0, 0.05) is 18.5 Å². The van der Waals surface area contributed by atoms with E-state index in [1.165, 1.54) is 0 Å². The van der Waals surface area contributed by atoms with Crippen LogP contribution in [0.15, 0.2) is 0 Å². The van der Waals surface area contributed by atoms with Crippen LogP contribution in [0.3, 0.4) is 0 Å². The van der Waals surface area contributed by atoms with E-state index in [0.29, 0.717) is 6.54 Å². The van der Waals surface area contributed by atoms with Gasteiger partial charge in [-0.15, -0.1) is 0 Å². The van der Waals surface area contributed by atoms with Gasteiger partial charge in [-0.25, -0.2) is 0 Å². The molecule has 86 valence electrons. The maximum absolute atomic E-state index is 11.9. The summed E-state index contributed by atoms with van der Waals surface area (Å²) >= 11 is 0. The minimum Gasteiger partial charge on any atom is -0.370 e. The predicted molar refractivity (Wildman–Crippen MR) is 57.1 cm³/mol. The molecule has 1 saturated heterocycles. The zero-order valence-corrected chi connectivity index (χ0v) is 9.54. The SMILES string of the molecule is CNC1CCN(C(C)(C)CC(N)=O)C1=O. The second kappa shape index (κ2) is 4.18. The fourth-order valence-corrected chi connectivity index (χ4v) is 2.07. The number of nitrogens with two attached hydrogens (primary N) is 1. The number of hydrogen-bond donors (Lipinski definition) is 2. The van der Waals surface area contributed by atoms with Gasteiger partial charge < -0.3 is 16.0 Å². The molecule has 5 nitrogen and oxygen atoms in total. The fraction of sp³-hybridized carbons (Fsp3) is 0.800. The summed E-state index contributed by atoms with van der Waals surface area (Å²) < 4.78 is 0. The number of likely N-dealkylation sites (tertiary alicyclic amines) is 1. The molecule has 0 aromatic heterocycles. The zero-order chi connectivity index (χ0) is 11.6. The molecular weight excluding hydrogens is 194 g/mol. The third-order valence-corrected chi connectivity index (χ3v) is 2.89. The average molecular weight is 213 g/mol. The number of amides is 2. The van der Waals surface area contributed by atoms with E-state index in [9.17, 15) is 9.59 Å². The Hall–Kier alpha value is -1.10. The fourth-order valence-electron chi connectivity index (χ4n) is 2.07. The molecule has 1 atom stereocenters. The van der Waals surface area contributed by atoms with Crippen LogP contribution >= 0.6 is 0 Å². The standard InChI is InChI=1S/C10H19N3O2/c1-10(2,6-8(11)14)13-5-4-7(12-3)9(13)15/h7,12H,4-6H2,1-3H3,(H2,11,14). The largest absolute Gasteiger partial charge is 0.370 e. The third-order valence-electron chi connectivity index (χ3n) is 2.89. The van der Waals surface area contributed by atoms with Crippen molar-refractivity contribution in [2.24, 2.45) is 5.73 Å². The van der Waals surface area contributed by atoms with E-state index >= 15 is 0 Å². The molecule has 0 aromatic carbocycles. The van der Waals surface area contributed by atoms with Crippen LogP contribution in [0.25, 0.3) is 0 Å². The maximum Gasteiger partial charge on any atom is 0.240 e. The van der Waals surface area contributed by atoms with Gasteiger partial charge in [0.1, 0.15) is 0 Å². The predicted octanol–water partition coefficient (Wildman–Crippen LogP) is -0.539. The highest BCUT2D eigenvalue weighted by molar-refractivity contribution is 5.85. The Morgan fingerprint density at radius 1 is 1.67 bits per heavy atom. The van der Waals surface area contributed by atoms with Crippen molar-refractivity contribution >= 4 is 11.8 Å². The van der Waals surface area contributed by atoms with Crippen molar-refractivity contribution in [3.63, 3.8) is 0 Å². The van der Waals surface area contributed by atoms with Crippen LogP contribution in [0, 0.1) is 0 Å². The van der Waals surface area contributed by atoms with Crippen LogP contribution < -0.4 is 11.1 Å². The van der Waals surface area contributed by atoms with Gasteiger partial charge in [0.2, 0.25) is 11.8 Å². The van der Waals surface area contributed by atoms with Gasteiger partial charge in [-0.3, -0.25) is 9.59 Å². The second-order valence-corrected chi connectivity index (χ2v) is 4.58. The van der Waals surface area contributed by atoms with Crippen LogP contribution in [0.4, 0.5) is 0 Å². The minimum atomic E-state index is -0.478. The van der Waals surface area contributed by atoms with Crippen molar-refractivity contribution in [2.75, 3.05) is 13.6 Å². The van der Waals surface area contributed by atoms with E-state index in [1.54, 1.807) is 11.9 Å². The molecule has 0 saturated carbocycles. The Morgan fingerprint density at radius 3 is 2.67 bits per heavy atom. The van der Waals surface area contributed by atoms with E-state index in [2.05, 4.69) is 5.32 Å². The van der Waals surface area contributed by atoms with Crippen molar-refractivity contribution in [2.45, 2.75) is 38.3 Å². The Balaban J connectivity index is 2.72. The highest BCUT2D eigenvalue weighted by Crippen LogP contribution is 2.24. The lowest BCUT2D eigenvalue weighted by Gasteiger charge is -2.34. The van der Waals surface area contributed by atoms with Crippen LogP contribution in [0.2, 0.25) is 0 Å². The Morgan fingerprint density at radius 2 is 2.27 bits per heavy atom. The summed E-state index contributed by atoms with van der Waals surface area (Å²) in [5, 5.41) is 2.96. The number of nitrogens with one attached hydrogen (secondary N) is 1. The van der Waals surface area contributed by atoms with E-state index < -0.39 is 5.54 Å². The summed E-state index contributed by atoms with van der Waals surface area (Å²) in [6.07, 6.45) is 0.993. The number of nitrogens with zero attached hydrogens (tertiary/aromatic N) is 1. The first kappa shape index (κ1) is 12.0. The Kier molecular flexibility index (Phi) is 3.34. The van der Waals surface area contributed by atoms with Crippen molar-refractivity contribution in [3.05, 3.63) is 0 Å². The summed E-state index contributed by atoms with van der Waals surface area (Å²) in [7, 11) is 1.77. The molecule has 0 aliphatic carbocycles. The third kappa shape index (κ3) is 2.47. The number of hydrogen-bond acceptors (Lipinski definition) is 3. The molecule has 1 aliphatic rings. The molecule has 1 fully saturated rings. The topological polar surface area (TPSA) is 75.4 Å². The molecular formula is C10H19N3O2. The lowest BCUT2D eigenvalue weighted by atomic mass is 9.98. The van der Waals surface area contributed by atoms with Crippen molar-refractivity contribution in [1.29, 1.82) is 0 Å². The highest BCUT2D eigenvalue weighted by Gasteiger charge is 2.39. The van der Waals surface area contributed by atoms with Crippen LogP contribution in [0.1, 0.15) is 26.7 Å². The van der Waals surface area contributed by atoms with E-state index in [1.807, 2.05) is 13.8 Å². The lowest BCUT2D eigenvalue weighted by Crippen LogP contribution is -2.49. The van der Waals surface area contributed by atoms with E-state index in [-0.39, 0.29) is 24.3 Å². The van der Waals surface area contributed by atoms with Gasteiger partial charge in [0.15, 0.2) is 0 Å². The number of rotatable bonds is 4. The molecule has 3 N–H and O–H groups in total. The van der Waals surface area contributed by atoms with Crippen molar-refractivity contribution < 1.29 is 9.59 Å². The highest BCUT2D eigenvalue weighted by atomic mass is 16.2. The molecule has 1 heterocycles. The minimum absolute atomic E-state index is 0.0590. The summed E-state index contributed by atoms with van der Waals surface area (Å²) in [6.45, 7) is 4.42. The molecule has 0 aromatic rings. The average Bonchev–Trinajstić information content (AvgIpc) is 2.44. The first-order valence-electron chi connectivity index (χ1n) is 5.15. The number of carbonyl (C=O) groups is 2. The lowest BCUT2D eigenvalue weighted by molar-refractivity contribution is -0.135. The summed E-state index contributed by atoms with van der Waals surface area (Å²) in [6, 6.07) is -0.114. The van der Waals surface area contributed by atoms with Gasteiger partial charge in [-0.05, 0) is 27.3 Å². The van der Waals surface area contributed by atoms with Gasteiger partial charge in [-0.2, -0.15) is 0 Å². The normalized spacial score (nSPS) is 22.2. The van der Waals surface area contributed by atoms with Crippen LogP contribution in [-0.4, -0.2) is 41.9 Å². The van der Waals surface area contributed by atoms with Crippen molar-refractivity contribution in [3.8, 4) is 0 Å². The van der Waals surface area contributed by atoms with Gasteiger partial charge in [-0.1, -0.05) is 0 Å². The summed E-state index contributed by atoms with van der Waals surface area (Å²) in [4.78, 5) is 24.5. The number of likely N-dealkylation sites (N-methyl/N-ethyl adjacent to an activating group) is 1. The monoisotopic (exact) mass is 213 g/mol. The molecule has 0 radical (unpaired) electrons. The van der Waals surface area contributed by atoms with Crippen LogP contribution in [0.5, 0.6) is 0 Å². The number of primary amides is 1. The maximum atomic E-state index is 11.9. The second-order valence-electron chi connectivity index (χ2n) is 4.58. The van der Waals surface area contributed by atoms with Crippen molar-refractivity contribution in [1.82, 2.24) is 10.2 Å². The molecule has 0 spiro atoms. The molecule has 1 aliphatic heterocycles. The van der Waals surface area contributed by atoms with Gasteiger partial charge >= 0.3 is 0 Å². The Bertz CT molecular complexity index is 276. The van der Waals surface area contributed by atoms with E-state index in [4.69, 9.17) is 5.73 Å². The summed E-state index contributed by atoms with van der Waals surface area (Å²) in [5.41, 5.74) is 4.69. The molecule has 1 unspecified atom stereocenters. The first-order valence-corrected chi connectivity index (χ1v) is 5.15. The molecule has 5 heteroatoms. The Labute approximate surface area is 90.0 Å².